The predicted molar refractivity (Wildman–Crippen MR) is 65.0 cm³/mol. The highest BCUT2D eigenvalue weighted by atomic mass is 32.1. The number of alkyl halides is 2. The molecule has 1 unspecified atom stereocenters. The summed E-state index contributed by atoms with van der Waals surface area (Å²) in [6.07, 6.45) is -2.60. The van der Waals surface area contributed by atoms with Crippen LogP contribution >= 0.6 is 12.2 Å². The summed E-state index contributed by atoms with van der Waals surface area (Å²) in [4.78, 5) is 11.6. The minimum Gasteiger partial charge on any atom is -0.392 e. The molecule has 1 atom stereocenters. The van der Waals surface area contributed by atoms with Crippen LogP contribution in [0.1, 0.15) is 11.5 Å². The number of nitrogens with one attached hydrogen (secondary N) is 1. The van der Waals surface area contributed by atoms with Crippen LogP contribution in [0.25, 0.3) is 0 Å². The Morgan fingerprint density at radius 2 is 1.94 bits per heavy atom. The van der Waals surface area contributed by atoms with E-state index in [0.29, 0.717) is 5.56 Å². The highest BCUT2D eigenvalue weighted by molar-refractivity contribution is 7.80. The van der Waals surface area contributed by atoms with E-state index in [0.717, 1.165) is 0 Å². The van der Waals surface area contributed by atoms with E-state index in [1.54, 1.807) is 30.3 Å². The molecule has 0 radical (unpaired) electrons. The fourth-order valence-corrected chi connectivity index (χ4v) is 1.61. The monoisotopic (exact) mass is 258 g/mol. The number of thiocarbonyl (C=S) groups is 1. The van der Waals surface area contributed by atoms with Crippen LogP contribution in [-0.2, 0) is 4.79 Å². The SMILES string of the molecule is NC(=S)C(C(=O)NCC(F)F)c1ccccc1. The average Bonchev–Trinajstić information content (AvgIpc) is 2.27. The molecule has 1 amide bonds. The van der Waals surface area contributed by atoms with Crippen molar-refractivity contribution in [2.75, 3.05) is 6.54 Å². The Morgan fingerprint density at radius 1 is 1.35 bits per heavy atom. The summed E-state index contributed by atoms with van der Waals surface area (Å²) in [7, 11) is 0. The molecule has 0 spiro atoms. The minimum atomic E-state index is -2.60. The number of carbonyl (C=O) groups excluding carboxylic acids is 1. The third-order valence-electron chi connectivity index (χ3n) is 2.11. The molecular formula is C11H12F2N2OS. The van der Waals surface area contributed by atoms with Crippen molar-refractivity contribution >= 4 is 23.1 Å². The molecule has 0 heterocycles. The van der Waals surface area contributed by atoms with Crippen molar-refractivity contribution in [2.24, 2.45) is 5.73 Å². The summed E-state index contributed by atoms with van der Waals surface area (Å²) < 4.78 is 24.0. The summed E-state index contributed by atoms with van der Waals surface area (Å²) in [5, 5.41) is 2.11. The number of hydrogen-bond donors (Lipinski definition) is 2. The quantitative estimate of drug-likeness (QED) is 0.786. The topological polar surface area (TPSA) is 55.1 Å². The molecule has 0 aliphatic carbocycles. The van der Waals surface area contributed by atoms with Crippen molar-refractivity contribution in [3.63, 3.8) is 0 Å². The second-order valence-corrected chi connectivity index (χ2v) is 3.85. The molecule has 1 aromatic rings. The van der Waals surface area contributed by atoms with Gasteiger partial charge in [0.1, 0.15) is 5.92 Å². The molecule has 17 heavy (non-hydrogen) atoms. The lowest BCUT2D eigenvalue weighted by molar-refractivity contribution is -0.121. The van der Waals surface area contributed by atoms with Gasteiger partial charge in [0.25, 0.3) is 6.43 Å². The molecule has 6 heteroatoms. The largest absolute Gasteiger partial charge is 0.392 e. The maximum atomic E-state index is 12.0. The molecule has 0 saturated heterocycles. The van der Waals surface area contributed by atoms with Crippen molar-refractivity contribution in [1.29, 1.82) is 0 Å². The standard InChI is InChI=1S/C11H12F2N2OS/c12-8(13)6-15-11(16)9(10(14)17)7-4-2-1-3-5-7/h1-5,8-9H,6H2,(H2,14,17)(H,15,16). The van der Waals surface area contributed by atoms with Gasteiger partial charge in [-0.25, -0.2) is 8.78 Å². The number of amides is 1. The molecular weight excluding hydrogens is 246 g/mol. The first-order valence-electron chi connectivity index (χ1n) is 4.92. The van der Waals surface area contributed by atoms with E-state index in [9.17, 15) is 13.6 Å². The molecule has 0 aliphatic rings. The first kappa shape index (κ1) is 13.5. The van der Waals surface area contributed by atoms with E-state index in [1.165, 1.54) is 0 Å². The number of benzene rings is 1. The molecule has 0 fully saturated rings. The lowest BCUT2D eigenvalue weighted by atomic mass is 9.98. The fraction of sp³-hybridized carbons (Fsp3) is 0.273. The van der Waals surface area contributed by atoms with Gasteiger partial charge in [0, 0.05) is 0 Å². The summed E-state index contributed by atoms with van der Waals surface area (Å²) in [5.74, 6) is -1.48. The summed E-state index contributed by atoms with van der Waals surface area (Å²) >= 11 is 4.78. The van der Waals surface area contributed by atoms with E-state index < -0.39 is 24.8 Å². The maximum absolute atomic E-state index is 12.0. The van der Waals surface area contributed by atoms with E-state index >= 15 is 0 Å². The van der Waals surface area contributed by atoms with Crippen LogP contribution < -0.4 is 11.1 Å². The Bertz CT molecular complexity index is 398. The van der Waals surface area contributed by atoms with Gasteiger partial charge in [0.2, 0.25) is 5.91 Å². The van der Waals surface area contributed by atoms with Gasteiger partial charge in [0.15, 0.2) is 0 Å². The molecule has 1 rings (SSSR count). The molecule has 0 saturated carbocycles. The Morgan fingerprint density at radius 3 is 2.41 bits per heavy atom. The predicted octanol–water partition coefficient (Wildman–Crippen LogP) is 1.44. The van der Waals surface area contributed by atoms with Crippen LogP contribution in [0, 0.1) is 0 Å². The summed E-state index contributed by atoms with van der Waals surface area (Å²) in [5.41, 5.74) is 6.05. The van der Waals surface area contributed by atoms with Crippen LogP contribution in [0.5, 0.6) is 0 Å². The number of carbonyl (C=O) groups is 1. The average molecular weight is 258 g/mol. The number of nitrogens with two attached hydrogens (primary N) is 1. The zero-order valence-electron chi connectivity index (χ0n) is 8.90. The Kier molecular flexibility index (Phi) is 4.96. The van der Waals surface area contributed by atoms with Gasteiger partial charge in [-0.15, -0.1) is 0 Å². The molecule has 3 N–H and O–H groups in total. The smallest absolute Gasteiger partial charge is 0.255 e. The third-order valence-corrected chi connectivity index (χ3v) is 2.35. The van der Waals surface area contributed by atoms with Gasteiger partial charge >= 0.3 is 0 Å². The first-order valence-corrected chi connectivity index (χ1v) is 5.33. The van der Waals surface area contributed by atoms with Crippen molar-refractivity contribution in [2.45, 2.75) is 12.3 Å². The molecule has 92 valence electrons. The van der Waals surface area contributed by atoms with Crippen LogP contribution in [0.2, 0.25) is 0 Å². The summed E-state index contributed by atoms with van der Waals surface area (Å²) in [6, 6.07) is 8.57. The minimum absolute atomic E-state index is 0.0389. The number of hydrogen-bond acceptors (Lipinski definition) is 2. The van der Waals surface area contributed by atoms with Crippen LogP contribution in [-0.4, -0.2) is 23.9 Å². The second kappa shape index (κ2) is 6.24. The van der Waals surface area contributed by atoms with E-state index in [-0.39, 0.29) is 4.99 Å². The second-order valence-electron chi connectivity index (χ2n) is 3.38. The van der Waals surface area contributed by atoms with Crippen LogP contribution in [0.3, 0.4) is 0 Å². The van der Waals surface area contributed by atoms with Crippen molar-refractivity contribution in [3.05, 3.63) is 35.9 Å². The van der Waals surface area contributed by atoms with Gasteiger partial charge in [-0.1, -0.05) is 42.5 Å². The molecule has 3 nitrogen and oxygen atoms in total. The summed E-state index contributed by atoms with van der Waals surface area (Å²) in [6.45, 7) is -0.704. The normalized spacial score (nSPS) is 12.2. The number of halogens is 2. The van der Waals surface area contributed by atoms with Gasteiger partial charge in [-0.2, -0.15) is 0 Å². The van der Waals surface area contributed by atoms with Crippen LogP contribution in [0.15, 0.2) is 30.3 Å². The highest BCUT2D eigenvalue weighted by Crippen LogP contribution is 2.16. The van der Waals surface area contributed by atoms with E-state index in [2.05, 4.69) is 5.32 Å². The first-order chi connectivity index (χ1) is 8.02. The zero-order chi connectivity index (χ0) is 12.8. The van der Waals surface area contributed by atoms with Crippen LogP contribution in [0.4, 0.5) is 8.78 Å². The maximum Gasteiger partial charge on any atom is 0.255 e. The lowest BCUT2D eigenvalue weighted by Gasteiger charge is -2.15. The molecule has 1 aromatic carbocycles. The third kappa shape index (κ3) is 4.07. The number of rotatable bonds is 5. The van der Waals surface area contributed by atoms with Gasteiger partial charge in [-0.3, -0.25) is 4.79 Å². The Balaban J connectivity index is 2.80. The van der Waals surface area contributed by atoms with Gasteiger partial charge in [-0.05, 0) is 5.56 Å². The van der Waals surface area contributed by atoms with Crippen molar-refractivity contribution in [3.8, 4) is 0 Å². The van der Waals surface area contributed by atoms with Crippen molar-refractivity contribution < 1.29 is 13.6 Å². The van der Waals surface area contributed by atoms with Crippen molar-refractivity contribution in [1.82, 2.24) is 5.32 Å². The fourth-order valence-electron chi connectivity index (χ4n) is 1.37. The van der Waals surface area contributed by atoms with Gasteiger partial charge < -0.3 is 11.1 Å². The van der Waals surface area contributed by atoms with Gasteiger partial charge in [0.05, 0.1) is 11.5 Å². The Labute approximate surface area is 103 Å². The zero-order valence-corrected chi connectivity index (χ0v) is 9.71. The van der Waals surface area contributed by atoms with E-state index in [1.807, 2.05) is 0 Å². The molecule has 0 aliphatic heterocycles. The Hall–Kier alpha value is -1.56. The van der Waals surface area contributed by atoms with E-state index in [4.69, 9.17) is 18.0 Å². The molecule has 0 aromatic heterocycles. The lowest BCUT2D eigenvalue weighted by Crippen LogP contribution is -2.38. The highest BCUT2D eigenvalue weighted by Gasteiger charge is 2.23. The molecule has 0 bridgehead atoms.